The highest BCUT2D eigenvalue weighted by Crippen LogP contribution is 2.42. The van der Waals surface area contributed by atoms with E-state index in [0.717, 1.165) is 22.4 Å². The fraction of sp³-hybridized carbons (Fsp3) is 0.286. The minimum Gasteiger partial charge on any atom is -0.352 e. The first kappa shape index (κ1) is 18.5. The Hall–Kier alpha value is -3.91. The molecule has 0 radical (unpaired) electrons. The number of benzene rings is 1. The van der Waals surface area contributed by atoms with Gasteiger partial charge in [0.2, 0.25) is 5.95 Å². The van der Waals surface area contributed by atoms with Crippen LogP contribution < -0.4 is 16.2 Å². The highest BCUT2D eigenvalue weighted by Gasteiger charge is 2.36. The van der Waals surface area contributed by atoms with Crippen molar-refractivity contribution in [3.8, 4) is 12.1 Å². The van der Waals surface area contributed by atoms with Crippen molar-refractivity contribution in [1.29, 1.82) is 10.5 Å². The van der Waals surface area contributed by atoms with Crippen LogP contribution in [0.1, 0.15) is 29.5 Å². The Morgan fingerprint density at radius 3 is 2.86 bits per heavy atom. The molecular weight excluding hydrogens is 366 g/mol. The lowest BCUT2D eigenvalue weighted by atomic mass is 9.79. The minimum atomic E-state index is -0.756. The van der Waals surface area contributed by atoms with Gasteiger partial charge in [-0.3, -0.25) is 4.79 Å². The zero-order valence-electron chi connectivity index (χ0n) is 16.2. The summed E-state index contributed by atoms with van der Waals surface area (Å²) in [5, 5.41) is 29.0. The van der Waals surface area contributed by atoms with Crippen LogP contribution in [-0.2, 0) is 19.0 Å². The van der Waals surface area contributed by atoms with Gasteiger partial charge < -0.3 is 10.6 Å². The van der Waals surface area contributed by atoms with E-state index in [-0.39, 0.29) is 11.4 Å². The second-order valence-corrected chi connectivity index (χ2v) is 7.24. The van der Waals surface area contributed by atoms with E-state index in [1.807, 2.05) is 31.2 Å². The molecule has 0 saturated heterocycles. The molecule has 0 amide bonds. The number of nitriles is 2. The Kier molecular flexibility index (Phi) is 4.40. The maximum absolute atomic E-state index is 12.6. The molecule has 2 N–H and O–H groups in total. The van der Waals surface area contributed by atoms with E-state index >= 15 is 0 Å². The Morgan fingerprint density at radius 2 is 2.17 bits per heavy atom. The smallest absolute Gasteiger partial charge is 0.309 e. The average Bonchev–Trinajstić information content (AvgIpc) is 2.71. The van der Waals surface area contributed by atoms with Crippen molar-refractivity contribution < 1.29 is 0 Å². The van der Waals surface area contributed by atoms with E-state index < -0.39 is 5.54 Å². The lowest BCUT2D eigenvalue weighted by Crippen LogP contribution is -2.40. The van der Waals surface area contributed by atoms with Gasteiger partial charge in [0.1, 0.15) is 0 Å². The Bertz CT molecular complexity index is 1210. The van der Waals surface area contributed by atoms with Crippen molar-refractivity contribution in [2.24, 2.45) is 7.05 Å². The Morgan fingerprint density at radius 1 is 1.34 bits per heavy atom. The van der Waals surface area contributed by atoms with Crippen molar-refractivity contribution in [2.45, 2.75) is 31.7 Å². The molecule has 2 aliphatic rings. The summed E-state index contributed by atoms with van der Waals surface area (Å²) in [6.45, 7) is 1.99. The molecule has 8 heteroatoms. The van der Waals surface area contributed by atoms with Gasteiger partial charge in [-0.25, -0.2) is 4.68 Å². The molecule has 1 aliphatic carbocycles. The van der Waals surface area contributed by atoms with Gasteiger partial charge >= 0.3 is 5.56 Å². The summed E-state index contributed by atoms with van der Waals surface area (Å²) < 4.78 is 1.25. The van der Waals surface area contributed by atoms with Gasteiger partial charge in [0.25, 0.3) is 0 Å². The van der Waals surface area contributed by atoms with Gasteiger partial charge in [0.05, 0.1) is 17.7 Å². The molecule has 144 valence electrons. The number of hydrogen-bond acceptors (Lipinski definition) is 7. The number of aryl methyl sites for hydroxylation is 3. The topological polar surface area (TPSA) is 119 Å². The van der Waals surface area contributed by atoms with Crippen molar-refractivity contribution in [3.05, 3.63) is 63.0 Å². The van der Waals surface area contributed by atoms with Gasteiger partial charge in [-0.15, -0.1) is 5.10 Å². The average molecular weight is 385 g/mol. The molecule has 1 aromatic carbocycles. The van der Waals surface area contributed by atoms with Crippen LogP contribution in [0.25, 0.3) is 0 Å². The lowest BCUT2D eigenvalue weighted by Gasteiger charge is -2.37. The van der Waals surface area contributed by atoms with Crippen molar-refractivity contribution in [1.82, 2.24) is 14.8 Å². The fourth-order valence-electron chi connectivity index (χ4n) is 3.78. The molecule has 29 heavy (non-hydrogen) atoms. The summed E-state index contributed by atoms with van der Waals surface area (Å²) in [5.41, 5.74) is 3.28. The van der Waals surface area contributed by atoms with Crippen LogP contribution in [0.5, 0.6) is 0 Å². The van der Waals surface area contributed by atoms with E-state index in [2.05, 4.69) is 32.9 Å². The van der Waals surface area contributed by atoms with Crippen LogP contribution in [0, 0.1) is 29.6 Å². The summed E-state index contributed by atoms with van der Waals surface area (Å²) >= 11 is 0. The molecule has 2 heterocycles. The second-order valence-electron chi connectivity index (χ2n) is 7.24. The molecule has 4 rings (SSSR count). The maximum Gasteiger partial charge on any atom is 0.309 e. The monoisotopic (exact) mass is 385 g/mol. The lowest BCUT2D eigenvalue weighted by molar-refractivity contribution is 0.598. The summed E-state index contributed by atoms with van der Waals surface area (Å²) in [4.78, 5) is 17.0. The summed E-state index contributed by atoms with van der Waals surface area (Å²) in [5.74, 6) is 0.515. The number of nitrogens with one attached hydrogen (secondary N) is 2. The molecule has 2 bridgehead atoms. The molecule has 1 aliphatic heterocycles. The highest BCUT2D eigenvalue weighted by molar-refractivity contribution is 5.71. The third-order valence-electron chi connectivity index (χ3n) is 5.26. The molecule has 1 unspecified atom stereocenters. The zero-order chi connectivity index (χ0) is 20.6. The number of aromatic nitrogens is 3. The number of nitrogens with zero attached hydrogens (tertiary/aromatic N) is 5. The molecular formula is C21H19N7O. The third kappa shape index (κ3) is 3.15. The van der Waals surface area contributed by atoms with E-state index in [0.29, 0.717) is 30.8 Å². The largest absolute Gasteiger partial charge is 0.352 e. The molecule has 1 spiro atoms. The number of hydrogen-bond donors (Lipinski definition) is 2. The Balaban J connectivity index is 1.96. The number of allylic oxidation sites excluding steroid dienone is 2. The van der Waals surface area contributed by atoms with E-state index in [9.17, 15) is 10.1 Å². The standard InChI is InChI=1S/C21H19N7O/c1-13-10-15(4-3-9-22)11-16-17(13)24-20-25-18(19(29)28(2)27-20)26-21(16)7-5-14(12-23)6-8-21/h5-7,10-11H,3-4,8H2,1-2H3,(H2,24,25,26,27). The highest BCUT2D eigenvalue weighted by atomic mass is 16.1. The van der Waals surface area contributed by atoms with E-state index in [1.165, 1.54) is 4.68 Å². The van der Waals surface area contributed by atoms with Crippen LogP contribution >= 0.6 is 0 Å². The summed E-state index contributed by atoms with van der Waals surface area (Å²) in [6, 6.07) is 8.44. The van der Waals surface area contributed by atoms with Gasteiger partial charge in [-0.05, 0) is 37.0 Å². The predicted octanol–water partition coefficient (Wildman–Crippen LogP) is 2.71. The minimum absolute atomic E-state index is 0.189. The van der Waals surface area contributed by atoms with Gasteiger partial charge in [0.15, 0.2) is 5.82 Å². The summed E-state index contributed by atoms with van der Waals surface area (Å²) in [6.07, 6.45) is 7.04. The molecule has 1 atom stereocenters. The van der Waals surface area contributed by atoms with E-state index in [4.69, 9.17) is 5.26 Å². The molecule has 0 saturated carbocycles. The number of rotatable bonds is 2. The third-order valence-corrected chi connectivity index (χ3v) is 5.26. The molecule has 0 fully saturated rings. The first-order valence-electron chi connectivity index (χ1n) is 9.27. The second kappa shape index (κ2) is 6.92. The van der Waals surface area contributed by atoms with Crippen molar-refractivity contribution >= 4 is 17.5 Å². The fourth-order valence-corrected chi connectivity index (χ4v) is 3.78. The first-order chi connectivity index (χ1) is 14.0. The van der Waals surface area contributed by atoms with Crippen molar-refractivity contribution in [3.63, 3.8) is 0 Å². The normalized spacial score (nSPS) is 19.0. The first-order valence-corrected chi connectivity index (χ1v) is 9.27. The molecule has 8 nitrogen and oxygen atoms in total. The van der Waals surface area contributed by atoms with Gasteiger partial charge in [-0.2, -0.15) is 15.5 Å². The Labute approximate surface area is 167 Å². The predicted molar refractivity (Wildman–Crippen MR) is 108 cm³/mol. The van der Waals surface area contributed by atoms with Crippen LogP contribution in [-0.4, -0.2) is 14.8 Å². The van der Waals surface area contributed by atoms with Crippen LogP contribution in [0.4, 0.5) is 17.5 Å². The summed E-state index contributed by atoms with van der Waals surface area (Å²) in [7, 11) is 1.58. The van der Waals surface area contributed by atoms with Crippen molar-refractivity contribution in [2.75, 3.05) is 10.6 Å². The maximum atomic E-state index is 12.6. The number of anilines is 3. The number of fused-ring (bicyclic) bond motifs is 4. The quantitative estimate of drug-likeness (QED) is 0.815. The molecule has 1 aromatic heterocycles. The van der Waals surface area contributed by atoms with Gasteiger partial charge in [0, 0.05) is 30.3 Å². The van der Waals surface area contributed by atoms with Crippen LogP contribution in [0.3, 0.4) is 0 Å². The van der Waals surface area contributed by atoms with Crippen LogP contribution in [0.2, 0.25) is 0 Å². The SMILES string of the molecule is Cc1cc(CCC#N)cc2c1Nc1nc(c(=O)n(C)n1)NC21C=CC(C#N)=CC1. The zero-order valence-corrected chi connectivity index (χ0v) is 16.2. The van der Waals surface area contributed by atoms with E-state index in [1.54, 1.807) is 13.1 Å². The molecule has 2 aromatic rings. The van der Waals surface area contributed by atoms with Crippen LogP contribution in [0.15, 0.2) is 40.7 Å². The van der Waals surface area contributed by atoms with Gasteiger partial charge in [-0.1, -0.05) is 24.3 Å².